The number of fused-ring (bicyclic) bond motifs is 1. The van der Waals surface area contributed by atoms with Crippen LogP contribution in [0, 0.1) is 17.7 Å². The molecule has 0 radical (unpaired) electrons. The molecule has 0 aliphatic carbocycles. The largest absolute Gasteiger partial charge is 0.487 e. The maximum Gasteiger partial charge on any atom is 0.159 e. The first-order valence-corrected chi connectivity index (χ1v) is 13.1. The molecule has 1 aliphatic heterocycles. The van der Waals surface area contributed by atoms with Crippen molar-refractivity contribution in [1.29, 1.82) is 0 Å². The van der Waals surface area contributed by atoms with Gasteiger partial charge in [-0.05, 0) is 66.9 Å². The second kappa shape index (κ2) is 13.2. The smallest absolute Gasteiger partial charge is 0.159 e. The van der Waals surface area contributed by atoms with E-state index in [1.165, 1.54) is 18.5 Å². The summed E-state index contributed by atoms with van der Waals surface area (Å²) in [6.07, 6.45) is 1.49. The van der Waals surface area contributed by atoms with Crippen molar-refractivity contribution in [1.82, 2.24) is 15.3 Å². The summed E-state index contributed by atoms with van der Waals surface area (Å²) < 4.78 is 24.7. The molecule has 2 heterocycles. The number of hydrogen-bond acceptors (Lipinski definition) is 8. The third-order valence-corrected chi connectivity index (χ3v) is 6.36. The molecule has 1 aliphatic rings. The Morgan fingerprint density at radius 2 is 2.12 bits per heavy atom. The van der Waals surface area contributed by atoms with E-state index in [1.54, 1.807) is 31.2 Å². The average molecular weight is 560 g/mol. The van der Waals surface area contributed by atoms with E-state index in [2.05, 4.69) is 37.6 Å². The van der Waals surface area contributed by atoms with Gasteiger partial charge in [-0.25, -0.2) is 14.4 Å². The normalized spacial score (nSPS) is 15.3. The van der Waals surface area contributed by atoms with Gasteiger partial charge in [0.25, 0.3) is 0 Å². The van der Waals surface area contributed by atoms with E-state index in [4.69, 9.17) is 25.9 Å². The van der Waals surface area contributed by atoms with Crippen molar-refractivity contribution in [3.8, 4) is 17.6 Å². The second-order valence-electron chi connectivity index (χ2n) is 8.98. The highest BCUT2D eigenvalue weighted by molar-refractivity contribution is 6.32. The molecule has 0 amide bonds. The summed E-state index contributed by atoms with van der Waals surface area (Å²) >= 11 is 6.49. The van der Waals surface area contributed by atoms with Crippen LogP contribution in [0.2, 0.25) is 5.02 Å². The van der Waals surface area contributed by atoms with Crippen LogP contribution >= 0.6 is 11.6 Å². The number of oxime groups is 1. The molecular formula is C30H27ClFN5O3. The fourth-order valence-corrected chi connectivity index (χ4v) is 4.34. The van der Waals surface area contributed by atoms with E-state index in [1.807, 2.05) is 24.3 Å². The number of benzene rings is 3. The van der Waals surface area contributed by atoms with Crippen molar-refractivity contribution in [3.63, 3.8) is 0 Å². The fraction of sp³-hybridized carbons (Fsp3) is 0.233. The zero-order valence-electron chi connectivity index (χ0n) is 21.8. The number of halogens is 2. The minimum absolute atomic E-state index is 0.0825. The predicted octanol–water partition coefficient (Wildman–Crippen LogP) is 5.48. The zero-order valence-corrected chi connectivity index (χ0v) is 22.5. The number of aromatic nitrogens is 2. The van der Waals surface area contributed by atoms with Gasteiger partial charge in [-0.2, -0.15) is 0 Å². The third-order valence-electron chi connectivity index (χ3n) is 6.06. The van der Waals surface area contributed by atoms with Crippen molar-refractivity contribution in [2.24, 2.45) is 5.16 Å². The summed E-state index contributed by atoms with van der Waals surface area (Å²) in [5.41, 5.74) is 3.43. The molecule has 2 N–H and O–H groups in total. The van der Waals surface area contributed by atoms with E-state index < -0.39 is 0 Å². The lowest BCUT2D eigenvalue weighted by atomic mass is 10.1. The maximum absolute atomic E-state index is 13.4. The number of rotatable bonds is 9. The Labute approximate surface area is 236 Å². The molecule has 1 saturated heterocycles. The Morgan fingerprint density at radius 3 is 2.92 bits per heavy atom. The first-order valence-electron chi connectivity index (χ1n) is 12.7. The van der Waals surface area contributed by atoms with Crippen LogP contribution in [0.1, 0.15) is 18.1 Å². The van der Waals surface area contributed by atoms with E-state index in [0.717, 1.165) is 23.0 Å². The summed E-state index contributed by atoms with van der Waals surface area (Å²) in [5.74, 6) is 6.68. The topological polar surface area (TPSA) is 89.9 Å². The molecule has 1 fully saturated rings. The van der Waals surface area contributed by atoms with Crippen molar-refractivity contribution in [2.45, 2.75) is 19.6 Å². The van der Waals surface area contributed by atoms with E-state index in [-0.39, 0.29) is 18.5 Å². The number of nitrogens with one attached hydrogen (secondary N) is 2. The van der Waals surface area contributed by atoms with Gasteiger partial charge in [-0.15, -0.1) is 0 Å². The molecule has 8 nitrogen and oxygen atoms in total. The summed E-state index contributed by atoms with van der Waals surface area (Å²) in [5, 5.41) is 12.1. The van der Waals surface area contributed by atoms with Gasteiger partial charge in [0.1, 0.15) is 36.9 Å². The Hall–Kier alpha value is -4.23. The highest BCUT2D eigenvalue weighted by atomic mass is 35.5. The number of ether oxygens (including phenoxy) is 2. The molecule has 204 valence electrons. The first kappa shape index (κ1) is 27.3. The number of anilines is 2. The quantitative estimate of drug-likeness (QED) is 0.159. The number of nitrogens with zero attached hydrogens (tertiary/aromatic N) is 3. The van der Waals surface area contributed by atoms with Crippen LogP contribution < -0.4 is 15.4 Å². The molecule has 0 saturated carbocycles. The third kappa shape index (κ3) is 7.04. The first-order chi connectivity index (χ1) is 19.6. The molecule has 1 aromatic heterocycles. The van der Waals surface area contributed by atoms with Gasteiger partial charge in [0.05, 0.1) is 29.8 Å². The Balaban J connectivity index is 1.33. The molecule has 0 spiro atoms. The van der Waals surface area contributed by atoms with E-state index in [0.29, 0.717) is 53.4 Å². The SMILES string of the molecule is CC#CC(=NOCC1COCCN1)c1ccc2ncnc(Nc3ccc(OCc4cccc(F)c4)c(Cl)c3)c2c1. The van der Waals surface area contributed by atoms with Crippen LogP contribution in [0.3, 0.4) is 0 Å². The van der Waals surface area contributed by atoms with E-state index in [9.17, 15) is 4.39 Å². The Bertz CT molecular complexity index is 1580. The molecule has 40 heavy (non-hydrogen) atoms. The van der Waals surface area contributed by atoms with Crippen LogP contribution in [0.5, 0.6) is 5.75 Å². The molecule has 1 unspecified atom stereocenters. The van der Waals surface area contributed by atoms with Crippen LogP contribution in [0.15, 0.2) is 72.1 Å². The highest BCUT2D eigenvalue weighted by Gasteiger charge is 2.14. The molecule has 0 bridgehead atoms. The number of morpholine rings is 1. The van der Waals surface area contributed by atoms with Gasteiger partial charge in [0.2, 0.25) is 0 Å². The van der Waals surface area contributed by atoms with Gasteiger partial charge >= 0.3 is 0 Å². The second-order valence-corrected chi connectivity index (χ2v) is 9.39. The highest BCUT2D eigenvalue weighted by Crippen LogP contribution is 2.31. The minimum Gasteiger partial charge on any atom is -0.487 e. The van der Waals surface area contributed by atoms with Crippen LogP contribution in [0.25, 0.3) is 10.9 Å². The van der Waals surface area contributed by atoms with Crippen LogP contribution in [0.4, 0.5) is 15.9 Å². The summed E-state index contributed by atoms with van der Waals surface area (Å²) in [7, 11) is 0. The lowest BCUT2D eigenvalue weighted by molar-refractivity contribution is 0.0312. The standard InChI is InChI=1S/C30H27ClFN5O3/c1-2-4-27(37-40-18-24-17-38-12-11-33-24)21-7-9-28-25(14-21)30(35-19-34-28)36-23-8-10-29(26(31)15-23)39-16-20-5-3-6-22(32)13-20/h3,5-10,13-15,19,24,33H,11-12,16-18H2,1H3,(H,34,35,36). The van der Waals surface area contributed by atoms with Crippen LogP contribution in [-0.2, 0) is 16.2 Å². The predicted molar refractivity (Wildman–Crippen MR) is 154 cm³/mol. The van der Waals surface area contributed by atoms with Crippen molar-refractivity contribution >= 4 is 39.7 Å². The molecule has 10 heteroatoms. The van der Waals surface area contributed by atoms with Gasteiger partial charge in [0.15, 0.2) is 5.71 Å². The summed E-state index contributed by atoms with van der Waals surface area (Å²) in [6.45, 7) is 4.39. The average Bonchev–Trinajstić information content (AvgIpc) is 2.97. The molecule has 1 atom stereocenters. The zero-order chi connectivity index (χ0) is 27.7. The minimum atomic E-state index is -0.313. The van der Waals surface area contributed by atoms with Crippen molar-refractivity contribution in [3.05, 3.63) is 89.0 Å². The van der Waals surface area contributed by atoms with Crippen molar-refractivity contribution in [2.75, 3.05) is 31.7 Å². The number of hydrogen-bond donors (Lipinski definition) is 2. The summed E-state index contributed by atoms with van der Waals surface area (Å²) in [6, 6.07) is 17.4. The molecule has 3 aromatic carbocycles. The lowest BCUT2D eigenvalue weighted by Crippen LogP contribution is -2.43. The molecular weight excluding hydrogens is 533 g/mol. The van der Waals surface area contributed by atoms with Gasteiger partial charge in [-0.3, -0.25) is 0 Å². The van der Waals surface area contributed by atoms with Crippen LogP contribution in [-0.4, -0.2) is 48.1 Å². The Kier molecular flexibility index (Phi) is 9.04. The van der Waals surface area contributed by atoms with Gasteiger partial charge < -0.3 is 24.9 Å². The van der Waals surface area contributed by atoms with Gasteiger partial charge in [0, 0.05) is 23.2 Å². The lowest BCUT2D eigenvalue weighted by Gasteiger charge is -2.22. The monoisotopic (exact) mass is 559 g/mol. The van der Waals surface area contributed by atoms with E-state index >= 15 is 0 Å². The Morgan fingerprint density at radius 1 is 1.20 bits per heavy atom. The maximum atomic E-state index is 13.4. The molecule has 4 aromatic rings. The van der Waals surface area contributed by atoms with Crippen molar-refractivity contribution < 1.29 is 18.7 Å². The van der Waals surface area contributed by atoms with Gasteiger partial charge in [-0.1, -0.05) is 34.8 Å². The molecule has 5 rings (SSSR count). The fourth-order valence-electron chi connectivity index (χ4n) is 4.11. The summed E-state index contributed by atoms with van der Waals surface area (Å²) in [4.78, 5) is 14.4.